The van der Waals surface area contributed by atoms with Gasteiger partial charge in [0.05, 0.1) is 19.4 Å². The predicted octanol–water partition coefficient (Wildman–Crippen LogP) is 14.0. The van der Waals surface area contributed by atoms with Gasteiger partial charge in [-0.05, 0) is 134 Å². The standard InChI is InChI=1S/C52H90N2O8.C2H6/c1-40(2)20-16-22-42(5)30-36-59-50(60-37-31-43(6)23-17-21-41(3)4)29-28-47(55)58-35-15-13-12-14-24-45(61-48(56)27-19-33-54-34-32-53-39-54)25-18-26-49(57)62-46-38-44(7)51(8,9)52(46,10)11;1-2/h20-21,32,34,39,42-46,50H,12-19,22-31,33,35-38H2,1-11H3;1-2H3. The smallest absolute Gasteiger partial charge is 0.306 e. The average Bonchev–Trinajstić information content (AvgIpc) is 3.80. The molecule has 0 aliphatic heterocycles. The van der Waals surface area contributed by atoms with Crippen LogP contribution in [0.5, 0.6) is 0 Å². The van der Waals surface area contributed by atoms with Crippen LogP contribution in [0.2, 0.25) is 0 Å². The van der Waals surface area contributed by atoms with Crippen LogP contribution in [0.25, 0.3) is 0 Å². The number of imidazole rings is 1. The monoisotopic (exact) mass is 901 g/mol. The van der Waals surface area contributed by atoms with Gasteiger partial charge in [-0.25, -0.2) is 4.98 Å². The number of ether oxygens (including phenoxy) is 5. The lowest BCUT2D eigenvalue weighted by Crippen LogP contribution is -2.38. The topological polar surface area (TPSA) is 115 Å². The van der Waals surface area contributed by atoms with Gasteiger partial charge in [-0.15, -0.1) is 0 Å². The number of aryl methyl sites for hydroxylation is 1. The molecule has 1 fully saturated rings. The van der Waals surface area contributed by atoms with E-state index in [-0.39, 0.29) is 47.4 Å². The zero-order valence-electron chi connectivity index (χ0n) is 43.3. The van der Waals surface area contributed by atoms with Crippen LogP contribution < -0.4 is 0 Å². The Morgan fingerprint density at radius 2 is 1.27 bits per heavy atom. The summed E-state index contributed by atoms with van der Waals surface area (Å²) in [6, 6.07) is 0. The second-order valence-electron chi connectivity index (χ2n) is 20.1. The molecule has 1 aromatic rings. The van der Waals surface area contributed by atoms with Gasteiger partial charge in [0.1, 0.15) is 12.2 Å². The highest BCUT2D eigenvalue weighted by Gasteiger charge is 2.54. The summed E-state index contributed by atoms with van der Waals surface area (Å²) >= 11 is 0. The molecule has 1 saturated carbocycles. The molecule has 1 aliphatic rings. The van der Waals surface area contributed by atoms with Crippen molar-refractivity contribution in [3.05, 3.63) is 42.0 Å². The molecule has 370 valence electrons. The van der Waals surface area contributed by atoms with Crippen LogP contribution in [-0.2, 0) is 44.6 Å². The van der Waals surface area contributed by atoms with E-state index in [4.69, 9.17) is 23.7 Å². The molecule has 64 heavy (non-hydrogen) atoms. The highest BCUT2D eigenvalue weighted by molar-refractivity contribution is 5.70. The first-order chi connectivity index (χ1) is 30.4. The van der Waals surface area contributed by atoms with Crippen molar-refractivity contribution in [1.29, 1.82) is 0 Å². The van der Waals surface area contributed by atoms with Crippen molar-refractivity contribution in [3.63, 3.8) is 0 Å². The number of carbonyl (C=O) groups is 3. The maximum Gasteiger partial charge on any atom is 0.306 e. The van der Waals surface area contributed by atoms with E-state index < -0.39 is 6.29 Å². The number of carbonyl (C=O) groups excluding carboxylic acids is 3. The van der Waals surface area contributed by atoms with Gasteiger partial charge in [-0.3, -0.25) is 14.4 Å². The van der Waals surface area contributed by atoms with E-state index >= 15 is 0 Å². The summed E-state index contributed by atoms with van der Waals surface area (Å²) in [5.41, 5.74) is 2.69. The first-order valence-electron chi connectivity index (χ1n) is 25.4. The van der Waals surface area contributed by atoms with Crippen LogP contribution in [0.15, 0.2) is 42.0 Å². The lowest BCUT2D eigenvalue weighted by molar-refractivity contribution is -0.161. The lowest BCUT2D eigenvalue weighted by atomic mass is 9.67. The van der Waals surface area contributed by atoms with E-state index in [0.717, 1.165) is 77.0 Å². The molecule has 0 amide bonds. The number of hydrogen-bond donors (Lipinski definition) is 0. The molecule has 1 aromatic heterocycles. The molecular weight excluding hydrogens is 805 g/mol. The minimum Gasteiger partial charge on any atom is -0.466 e. The van der Waals surface area contributed by atoms with E-state index in [2.05, 4.69) is 93.3 Å². The van der Waals surface area contributed by atoms with Crippen molar-refractivity contribution in [3.8, 4) is 0 Å². The number of nitrogens with zero attached hydrogens (tertiary/aromatic N) is 2. The van der Waals surface area contributed by atoms with E-state index in [0.29, 0.717) is 82.6 Å². The van der Waals surface area contributed by atoms with Crippen molar-refractivity contribution in [1.82, 2.24) is 9.55 Å². The van der Waals surface area contributed by atoms with Gasteiger partial charge >= 0.3 is 17.9 Å². The van der Waals surface area contributed by atoms with Crippen LogP contribution in [0.4, 0.5) is 0 Å². The fourth-order valence-electron chi connectivity index (χ4n) is 8.12. The molecule has 1 aliphatic carbocycles. The molecule has 0 bridgehead atoms. The SMILES string of the molecule is CC.CC(C)=CCCC(C)CCOC(CCC(=O)OCCCCCCC(CCCC(=O)OC1CC(C)C(C)(C)C1(C)C)OC(=O)CCCn1ccnc1)OCCC(C)CCC=C(C)C. The third-order valence-corrected chi connectivity index (χ3v) is 13.6. The maximum absolute atomic E-state index is 13.0. The zero-order valence-corrected chi connectivity index (χ0v) is 43.3. The number of aromatic nitrogens is 2. The molecule has 0 N–H and O–H groups in total. The van der Waals surface area contributed by atoms with Crippen LogP contribution in [0.1, 0.15) is 212 Å². The molecule has 2 rings (SSSR count). The van der Waals surface area contributed by atoms with Crippen molar-refractivity contribution < 1.29 is 38.1 Å². The van der Waals surface area contributed by atoms with Gasteiger partial charge in [0.25, 0.3) is 0 Å². The van der Waals surface area contributed by atoms with E-state index in [1.807, 2.05) is 24.6 Å². The number of rotatable bonds is 34. The Morgan fingerprint density at radius 1 is 0.688 bits per heavy atom. The molecule has 10 nitrogen and oxygen atoms in total. The molecule has 0 saturated heterocycles. The summed E-state index contributed by atoms with van der Waals surface area (Å²) in [7, 11) is 0. The van der Waals surface area contributed by atoms with Crippen molar-refractivity contribution in [2.45, 2.75) is 237 Å². The Labute approximate surface area is 391 Å². The fourth-order valence-corrected chi connectivity index (χ4v) is 8.12. The molecule has 0 spiro atoms. The number of unbranched alkanes of at least 4 members (excludes halogenated alkanes) is 3. The largest absolute Gasteiger partial charge is 0.466 e. The van der Waals surface area contributed by atoms with Crippen molar-refractivity contribution in [2.24, 2.45) is 28.6 Å². The Hall–Kier alpha value is -2.98. The summed E-state index contributed by atoms with van der Waals surface area (Å²) in [5, 5.41) is 0. The lowest BCUT2D eigenvalue weighted by Gasteiger charge is -2.40. The summed E-state index contributed by atoms with van der Waals surface area (Å²) in [5.74, 6) is 0.976. The zero-order chi connectivity index (χ0) is 48.0. The number of allylic oxidation sites excluding steroid dienone is 4. The summed E-state index contributed by atoms with van der Waals surface area (Å²) in [6.07, 6.45) is 23.9. The van der Waals surface area contributed by atoms with Gasteiger partial charge in [-0.2, -0.15) is 0 Å². The van der Waals surface area contributed by atoms with E-state index in [9.17, 15) is 14.4 Å². The summed E-state index contributed by atoms with van der Waals surface area (Å²) < 4.78 is 32.0. The summed E-state index contributed by atoms with van der Waals surface area (Å²) in [6.45, 7) is 30.6. The Morgan fingerprint density at radius 3 is 1.81 bits per heavy atom. The first-order valence-corrected chi connectivity index (χ1v) is 25.4. The average molecular weight is 901 g/mol. The first kappa shape index (κ1) is 59.0. The molecule has 0 radical (unpaired) electrons. The highest BCUT2D eigenvalue weighted by Crippen LogP contribution is 2.56. The Balaban J connectivity index is 0.0000101. The van der Waals surface area contributed by atoms with Crippen LogP contribution >= 0.6 is 0 Å². The molecule has 10 heteroatoms. The van der Waals surface area contributed by atoms with Gasteiger partial charge in [0.2, 0.25) is 0 Å². The van der Waals surface area contributed by atoms with E-state index in [1.165, 1.54) is 11.1 Å². The number of esters is 3. The van der Waals surface area contributed by atoms with Gasteiger partial charge in [0.15, 0.2) is 6.29 Å². The van der Waals surface area contributed by atoms with Gasteiger partial charge in [0, 0.05) is 56.8 Å². The van der Waals surface area contributed by atoms with Crippen molar-refractivity contribution in [2.75, 3.05) is 19.8 Å². The second kappa shape index (κ2) is 33.5. The third-order valence-electron chi connectivity index (χ3n) is 13.6. The quantitative estimate of drug-likeness (QED) is 0.0219. The van der Waals surface area contributed by atoms with Crippen LogP contribution in [-0.4, -0.2) is 65.8 Å². The fraction of sp³-hybridized carbons (Fsp3) is 0.815. The normalized spacial score (nSPS) is 18.1. The number of hydrogen-bond acceptors (Lipinski definition) is 9. The molecule has 5 atom stereocenters. The maximum atomic E-state index is 13.0. The Kier molecular flexibility index (Phi) is 30.9. The van der Waals surface area contributed by atoms with E-state index in [1.54, 1.807) is 12.5 Å². The highest BCUT2D eigenvalue weighted by atomic mass is 16.7. The summed E-state index contributed by atoms with van der Waals surface area (Å²) in [4.78, 5) is 42.7. The third kappa shape index (κ3) is 25.6. The molecular formula is C54H96N2O8. The van der Waals surface area contributed by atoms with Crippen LogP contribution in [0, 0.1) is 28.6 Å². The minimum absolute atomic E-state index is 0.0820. The molecule has 5 unspecified atom stereocenters. The Bertz CT molecular complexity index is 1410. The predicted molar refractivity (Wildman–Crippen MR) is 262 cm³/mol. The van der Waals surface area contributed by atoms with Crippen LogP contribution in [0.3, 0.4) is 0 Å². The minimum atomic E-state index is -0.419. The van der Waals surface area contributed by atoms with Gasteiger partial charge in [-0.1, -0.05) is 98.5 Å². The van der Waals surface area contributed by atoms with Crippen molar-refractivity contribution >= 4 is 17.9 Å². The molecule has 0 aromatic carbocycles. The molecule has 1 heterocycles. The van der Waals surface area contributed by atoms with Gasteiger partial charge < -0.3 is 28.3 Å². The second-order valence-corrected chi connectivity index (χ2v) is 20.1.